The molecule has 0 radical (unpaired) electrons. The predicted octanol–water partition coefficient (Wildman–Crippen LogP) is 2.35. The number of carbonyl (C=O) groups is 1. The number of hydrogen-bond acceptors (Lipinski definition) is 3. The first kappa shape index (κ1) is 16.6. The molecule has 1 fully saturated rings. The van der Waals surface area contributed by atoms with E-state index in [1.165, 1.54) is 18.3 Å². The second kappa shape index (κ2) is 6.68. The van der Waals surface area contributed by atoms with Crippen molar-refractivity contribution in [3.63, 3.8) is 0 Å². The minimum Gasteiger partial charge on any atom is -0.333 e. The SMILES string of the molecule is CC1CCN(C(=O)c2ccn(-c3c(F)cccc3F)n2)C(CN)C1. The van der Waals surface area contributed by atoms with Crippen molar-refractivity contribution in [2.75, 3.05) is 13.1 Å². The Bertz CT molecular complexity index is 726. The van der Waals surface area contributed by atoms with Crippen LogP contribution in [0.1, 0.15) is 30.3 Å². The zero-order valence-corrected chi connectivity index (χ0v) is 13.5. The van der Waals surface area contributed by atoms with Crippen LogP contribution in [0.25, 0.3) is 5.69 Å². The molecule has 0 bridgehead atoms. The summed E-state index contributed by atoms with van der Waals surface area (Å²) in [6.45, 7) is 3.14. The van der Waals surface area contributed by atoms with Crippen LogP contribution >= 0.6 is 0 Å². The van der Waals surface area contributed by atoms with Crippen LogP contribution in [0.4, 0.5) is 8.78 Å². The van der Waals surface area contributed by atoms with Gasteiger partial charge in [-0.25, -0.2) is 13.5 Å². The van der Waals surface area contributed by atoms with Gasteiger partial charge in [-0.1, -0.05) is 13.0 Å². The summed E-state index contributed by atoms with van der Waals surface area (Å²) >= 11 is 0. The number of benzene rings is 1. The number of hydrogen-bond donors (Lipinski definition) is 1. The standard InChI is InChI=1S/C17H20F2N4O/c1-11-5-7-22(12(9-11)10-20)17(24)15-6-8-23(21-15)16-13(18)3-2-4-14(16)19/h2-4,6,8,11-12H,5,7,9-10,20H2,1H3. The highest BCUT2D eigenvalue weighted by Crippen LogP contribution is 2.24. The Morgan fingerprint density at radius 1 is 1.33 bits per heavy atom. The second-order valence-corrected chi connectivity index (χ2v) is 6.23. The zero-order chi connectivity index (χ0) is 17.3. The van der Waals surface area contributed by atoms with Gasteiger partial charge >= 0.3 is 0 Å². The van der Waals surface area contributed by atoms with Crippen LogP contribution in [-0.2, 0) is 0 Å². The maximum atomic E-state index is 13.8. The van der Waals surface area contributed by atoms with Crippen LogP contribution in [0.15, 0.2) is 30.5 Å². The molecule has 1 aromatic carbocycles. The first-order chi connectivity index (χ1) is 11.5. The molecule has 1 amide bonds. The highest BCUT2D eigenvalue weighted by molar-refractivity contribution is 5.92. The Hall–Kier alpha value is -2.28. The monoisotopic (exact) mass is 334 g/mol. The predicted molar refractivity (Wildman–Crippen MR) is 85.8 cm³/mol. The topological polar surface area (TPSA) is 64.2 Å². The minimum atomic E-state index is -0.733. The molecule has 1 saturated heterocycles. The van der Waals surface area contributed by atoms with Crippen LogP contribution in [-0.4, -0.2) is 39.7 Å². The van der Waals surface area contributed by atoms with Crippen LogP contribution in [0.3, 0.4) is 0 Å². The first-order valence-electron chi connectivity index (χ1n) is 8.02. The lowest BCUT2D eigenvalue weighted by atomic mass is 9.92. The van der Waals surface area contributed by atoms with E-state index >= 15 is 0 Å². The quantitative estimate of drug-likeness (QED) is 0.937. The summed E-state index contributed by atoms with van der Waals surface area (Å²) in [5.74, 6) is -1.20. The number of para-hydroxylation sites is 1. The van der Waals surface area contributed by atoms with Crippen molar-refractivity contribution in [1.29, 1.82) is 0 Å². The highest BCUT2D eigenvalue weighted by Gasteiger charge is 2.30. The second-order valence-electron chi connectivity index (χ2n) is 6.23. The fourth-order valence-corrected chi connectivity index (χ4v) is 3.16. The number of nitrogens with zero attached hydrogens (tertiary/aromatic N) is 3. The minimum absolute atomic E-state index is 0.0309. The lowest BCUT2D eigenvalue weighted by Crippen LogP contribution is -2.49. The average Bonchev–Trinajstić information content (AvgIpc) is 3.03. The van der Waals surface area contributed by atoms with Gasteiger partial charge in [0.25, 0.3) is 5.91 Å². The van der Waals surface area contributed by atoms with Crippen LogP contribution in [0.2, 0.25) is 0 Å². The largest absolute Gasteiger partial charge is 0.333 e. The summed E-state index contributed by atoms with van der Waals surface area (Å²) in [4.78, 5) is 14.4. The van der Waals surface area contributed by atoms with Gasteiger partial charge in [-0.3, -0.25) is 4.79 Å². The van der Waals surface area contributed by atoms with Crippen molar-refractivity contribution in [2.45, 2.75) is 25.8 Å². The molecule has 2 atom stereocenters. The van der Waals surface area contributed by atoms with E-state index in [1.54, 1.807) is 4.90 Å². The first-order valence-corrected chi connectivity index (χ1v) is 8.02. The van der Waals surface area contributed by atoms with Gasteiger partial charge in [0.2, 0.25) is 0 Å². The Morgan fingerprint density at radius 3 is 2.71 bits per heavy atom. The fourth-order valence-electron chi connectivity index (χ4n) is 3.16. The van der Waals surface area contributed by atoms with Gasteiger partial charge in [-0.05, 0) is 37.0 Å². The molecule has 2 N–H and O–H groups in total. The molecular weight excluding hydrogens is 314 g/mol. The third-order valence-corrected chi connectivity index (χ3v) is 4.49. The molecule has 3 rings (SSSR count). The summed E-state index contributed by atoms with van der Waals surface area (Å²) in [7, 11) is 0. The summed E-state index contributed by atoms with van der Waals surface area (Å²) in [5, 5.41) is 4.07. The van der Waals surface area contributed by atoms with E-state index in [2.05, 4.69) is 12.0 Å². The summed E-state index contributed by atoms with van der Waals surface area (Å²) in [6.07, 6.45) is 3.15. The van der Waals surface area contributed by atoms with Crippen molar-refractivity contribution in [1.82, 2.24) is 14.7 Å². The molecule has 5 nitrogen and oxygen atoms in total. The van der Waals surface area contributed by atoms with E-state index in [-0.39, 0.29) is 23.3 Å². The van der Waals surface area contributed by atoms with E-state index in [1.807, 2.05) is 0 Å². The molecule has 1 aliphatic rings. The number of carbonyl (C=O) groups excluding carboxylic acids is 1. The number of likely N-dealkylation sites (tertiary alicyclic amines) is 1. The number of amides is 1. The molecule has 1 aromatic heterocycles. The van der Waals surface area contributed by atoms with Crippen molar-refractivity contribution in [3.8, 4) is 5.69 Å². The number of piperidine rings is 1. The third kappa shape index (κ3) is 3.03. The van der Waals surface area contributed by atoms with Gasteiger partial charge in [0.15, 0.2) is 17.3 Å². The van der Waals surface area contributed by atoms with E-state index < -0.39 is 11.6 Å². The number of nitrogens with two attached hydrogens (primary N) is 1. The Morgan fingerprint density at radius 2 is 2.04 bits per heavy atom. The zero-order valence-electron chi connectivity index (χ0n) is 13.5. The lowest BCUT2D eigenvalue weighted by molar-refractivity contribution is 0.0567. The van der Waals surface area contributed by atoms with Gasteiger partial charge < -0.3 is 10.6 Å². The van der Waals surface area contributed by atoms with Gasteiger partial charge in [0.05, 0.1) is 0 Å². The highest BCUT2D eigenvalue weighted by atomic mass is 19.1. The molecule has 2 unspecified atom stereocenters. The molecule has 0 saturated carbocycles. The number of rotatable bonds is 3. The van der Waals surface area contributed by atoms with E-state index in [0.717, 1.165) is 29.7 Å². The number of halogens is 2. The molecular formula is C17H20F2N4O. The average molecular weight is 334 g/mol. The fraction of sp³-hybridized carbons (Fsp3) is 0.412. The maximum Gasteiger partial charge on any atom is 0.274 e. The lowest BCUT2D eigenvalue weighted by Gasteiger charge is -2.37. The molecule has 7 heteroatoms. The van der Waals surface area contributed by atoms with Gasteiger partial charge in [0, 0.05) is 25.3 Å². The van der Waals surface area contributed by atoms with Crippen LogP contribution in [0, 0.1) is 17.6 Å². The van der Waals surface area contributed by atoms with E-state index in [9.17, 15) is 13.6 Å². The number of aromatic nitrogens is 2. The van der Waals surface area contributed by atoms with Gasteiger partial charge in [-0.2, -0.15) is 5.10 Å². The van der Waals surface area contributed by atoms with Crippen molar-refractivity contribution >= 4 is 5.91 Å². The third-order valence-electron chi connectivity index (χ3n) is 4.49. The summed E-state index contributed by atoms with van der Waals surface area (Å²) in [5.41, 5.74) is 5.65. The molecule has 1 aliphatic heterocycles. The Labute approximate surface area is 139 Å². The molecule has 2 heterocycles. The molecule has 0 spiro atoms. The maximum absolute atomic E-state index is 13.8. The van der Waals surface area contributed by atoms with Gasteiger partial charge in [0.1, 0.15) is 5.69 Å². The molecule has 2 aromatic rings. The normalized spacial score (nSPS) is 21.1. The van der Waals surface area contributed by atoms with Crippen molar-refractivity contribution < 1.29 is 13.6 Å². The molecule has 0 aliphatic carbocycles. The van der Waals surface area contributed by atoms with E-state index in [0.29, 0.717) is 19.0 Å². The van der Waals surface area contributed by atoms with E-state index in [4.69, 9.17) is 5.73 Å². The van der Waals surface area contributed by atoms with Crippen molar-refractivity contribution in [2.24, 2.45) is 11.7 Å². The smallest absolute Gasteiger partial charge is 0.274 e. The Kier molecular flexibility index (Phi) is 4.62. The molecule has 24 heavy (non-hydrogen) atoms. The van der Waals surface area contributed by atoms with Crippen LogP contribution < -0.4 is 5.73 Å². The van der Waals surface area contributed by atoms with Crippen molar-refractivity contribution in [3.05, 3.63) is 47.8 Å². The van der Waals surface area contributed by atoms with Gasteiger partial charge in [-0.15, -0.1) is 0 Å². The van der Waals surface area contributed by atoms with Crippen LogP contribution in [0.5, 0.6) is 0 Å². The molecule has 128 valence electrons. The summed E-state index contributed by atoms with van der Waals surface area (Å²) < 4.78 is 28.8. The Balaban J connectivity index is 1.86. The summed E-state index contributed by atoms with van der Waals surface area (Å²) in [6, 6.07) is 5.03.